The quantitative estimate of drug-likeness (QED) is 0.738. The molecule has 1 aromatic carbocycles. The number of unbranched alkanes of at least 4 members (excludes halogenated alkanes) is 2. The van der Waals surface area contributed by atoms with Gasteiger partial charge in [-0.1, -0.05) is 19.8 Å². The average Bonchev–Trinajstić information content (AvgIpc) is 2.89. The Morgan fingerprint density at radius 2 is 2.08 bits per heavy atom. The molecule has 140 valence electrons. The average molecular weight is 349 g/mol. The van der Waals surface area contributed by atoms with Crippen molar-refractivity contribution in [3.63, 3.8) is 0 Å². The van der Waals surface area contributed by atoms with Crippen LogP contribution in [0.15, 0.2) is 18.2 Å². The van der Waals surface area contributed by atoms with Crippen LogP contribution in [0.4, 0.5) is 10.5 Å². The van der Waals surface area contributed by atoms with Crippen molar-refractivity contribution in [2.75, 3.05) is 24.7 Å². The summed E-state index contributed by atoms with van der Waals surface area (Å²) in [6.07, 6.45) is 3.64. The molecule has 5 heteroatoms. The summed E-state index contributed by atoms with van der Waals surface area (Å²) in [5.41, 5.74) is 1.37. The van der Waals surface area contributed by atoms with Crippen LogP contribution in [-0.4, -0.2) is 36.6 Å². The van der Waals surface area contributed by atoms with Crippen LogP contribution in [0.2, 0.25) is 0 Å². The largest absolute Gasteiger partial charge is 0.494 e. The highest BCUT2D eigenvalue weighted by atomic mass is 16.6. The molecule has 0 radical (unpaired) electrons. The Balaban J connectivity index is 2.15. The highest BCUT2D eigenvalue weighted by molar-refractivity contribution is 5.91. The molecule has 1 aliphatic heterocycles. The molecule has 1 aliphatic rings. The number of hydrogen-bond acceptors (Lipinski definition) is 4. The number of aliphatic hydroxyl groups is 1. The van der Waals surface area contributed by atoms with Crippen LogP contribution >= 0.6 is 0 Å². The molecule has 0 spiro atoms. The second-order valence-electron chi connectivity index (χ2n) is 7.58. The van der Waals surface area contributed by atoms with Crippen LogP contribution in [0.5, 0.6) is 5.75 Å². The van der Waals surface area contributed by atoms with Crippen LogP contribution in [-0.2, 0) is 4.74 Å². The zero-order valence-electron chi connectivity index (χ0n) is 15.9. The van der Waals surface area contributed by atoms with Gasteiger partial charge in [-0.15, -0.1) is 0 Å². The third-order valence-corrected chi connectivity index (χ3v) is 4.24. The van der Waals surface area contributed by atoms with E-state index in [0.29, 0.717) is 19.6 Å². The maximum absolute atomic E-state index is 12.5. The number of amides is 1. The minimum absolute atomic E-state index is 0.0911. The van der Waals surface area contributed by atoms with Gasteiger partial charge in [-0.05, 0) is 57.4 Å². The second kappa shape index (κ2) is 8.56. The smallest absolute Gasteiger partial charge is 0.414 e. The lowest BCUT2D eigenvalue weighted by Gasteiger charge is -2.25. The summed E-state index contributed by atoms with van der Waals surface area (Å²) in [4.78, 5) is 14.2. The number of hydrogen-bond donors (Lipinski definition) is 1. The molecule has 0 aliphatic carbocycles. The Hall–Kier alpha value is -1.75. The molecule has 1 amide bonds. The Labute approximate surface area is 150 Å². The van der Waals surface area contributed by atoms with Gasteiger partial charge < -0.3 is 14.6 Å². The molecule has 2 rings (SSSR count). The van der Waals surface area contributed by atoms with Crippen LogP contribution in [0.25, 0.3) is 0 Å². The van der Waals surface area contributed by atoms with Crippen molar-refractivity contribution in [2.24, 2.45) is 0 Å². The Morgan fingerprint density at radius 1 is 1.32 bits per heavy atom. The summed E-state index contributed by atoms with van der Waals surface area (Å²) in [5, 5.41) is 9.37. The highest BCUT2D eigenvalue weighted by Crippen LogP contribution is 2.40. The number of fused-ring (bicyclic) bond motifs is 1. The van der Waals surface area contributed by atoms with Crippen LogP contribution in [0, 0.1) is 0 Å². The van der Waals surface area contributed by atoms with Gasteiger partial charge in [0.25, 0.3) is 0 Å². The zero-order chi connectivity index (χ0) is 18.4. The minimum atomic E-state index is -0.533. The van der Waals surface area contributed by atoms with E-state index in [1.54, 1.807) is 4.90 Å². The zero-order valence-corrected chi connectivity index (χ0v) is 15.9. The standard InChI is InChI=1S/C20H31NO4/c1-5-6-7-12-24-16-8-9-18-17(13-16)15(10-11-22)14-21(18)19(23)25-20(2,3)4/h8-9,13,15,22H,5-7,10-12,14H2,1-4H3. The van der Waals surface area contributed by atoms with E-state index in [0.717, 1.165) is 36.3 Å². The molecule has 25 heavy (non-hydrogen) atoms. The topological polar surface area (TPSA) is 59.0 Å². The maximum Gasteiger partial charge on any atom is 0.414 e. The molecule has 0 saturated carbocycles. The molecule has 1 N–H and O–H groups in total. The van der Waals surface area contributed by atoms with Crippen molar-refractivity contribution in [2.45, 2.75) is 64.9 Å². The van der Waals surface area contributed by atoms with Gasteiger partial charge >= 0.3 is 6.09 Å². The fourth-order valence-corrected chi connectivity index (χ4v) is 3.05. The van der Waals surface area contributed by atoms with E-state index in [1.807, 2.05) is 39.0 Å². The van der Waals surface area contributed by atoms with Gasteiger partial charge in [0.1, 0.15) is 11.4 Å². The molecule has 0 bridgehead atoms. The lowest BCUT2D eigenvalue weighted by molar-refractivity contribution is 0.0581. The number of rotatable bonds is 7. The first-order chi connectivity index (χ1) is 11.9. The summed E-state index contributed by atoms with van der Waals surface area (Å²) in [6.45, 7) is 9.08. The number of benzene rings is 1. The molecule has 0 fully saturated rings. The molecule has 5 nitrogen and oxygen atoms in total. The first-order valence-corrected chi connectivity index (χ1v) is 9.24. The van der Waals surface area contributed by atoms with Crippen molar-refractivity contribution in [3.05, 3.63) is 23.8 Å². The predicted molar refractivity (Wildman–Crippen MR) is 99.5 cm³/mol. The van der Waals surface area contributed by atoms with Gasteiger partial charge in [0.05, 0.1) is 12.3 Å². The lowest BCUT2D eigenvalue weighted by Crippen LogP contribution is -2.36. The van der Waals surface area contributed by atoms with Gasteiger partial charge in [0, 0.05) is 19.1 Å². The van der Waals surface area contributed by atoms with E-state index >= 15 is 0 Å². The summed E-state index contributed by atoms with van der Waals surface area (Å²) in [6, 6.07) is 5.83. The SMILES string of the molecule is CCCCCOc1ccc2c(c1)C(CCO)CN2C(=O)OC(C)(C)C. The first kappa shape index (κ1) is 19.6. The van der Waals surface area contributed by atoms with Gasteiger partial charge in [0.2, 0.25) is 0 Å². The summed E-state index contributed by atoms with van der Waals surface area (Å²) < 4.78 is 11.4. The van der Waals surface area contributed by atoms with Crippen molar-refractivity contribution >= 4 is 11.8 Å². The molecular formula is C20H31NO4. The monoisotopic (exact) mass is 349 g/mol. The molecule has 1 heterocycles. The number of aliphatic hydroxyl groups excluding tert-OH is 1. The van der Waals surface area contributed by atoms with Gasteiger partial charge in [0.15, 0.2) is 0 Å². The first-order valence-electron chi connectivity index (χ1n) is 9.24. The molecule has 0 aromatic heterocycles. The van der Waals surface area contributed by atoms with Crippen LogP contribution < -0.4 is 9.64 Å². The number of anilines is 1. The third kappa shape index (κ3) is 5.36. The van der Waals surface area contributed by atoms with E-state index in [2.05, 4.69) is 6.92 Å². The van der Waals surface area contributed by atoms with Crippen molar-refractivity contribution in [1.82, 2.24) is 0 Å². The number of ether oxygens (including phenoxy) is 2. The molecule has 1 aromatic rings. The molecule has 1 unspecified atom stereocenters. The van der Waals surface area contributed by atoms with Gasteiger partial charge in [-0.25, -0.2) is 4.79 Å². The Bertz CT molecular complexity index is 580. The number of carbonyl (C=O) groups is 1. The van der Waals surface area contributed by atoms with E-state index in [-0.39, 0.29) is 18.6 Å². The lowest BCUT2D eigenvalue weighted by atomic mass is 9.98. The van der Waals surface area contributed by atoms with Gasteiger partial charge in [-0.2, -0.15) is 0 Å². The molecule has 0 saturated heterocycles. The summed E-state index contributed by atoms with van der Waals surface area (Å²) >= 11 is 0. The molecular weight excluding hydrogens is 318 g/mol. The van der Waals surface area contributed by atoms with Crippen LogP contribution in [0.1, 0.15) is 64.9 Å². The summed E-state index contributed by atoms with van der Waals surface area (Å²) in [7, 11) is 0. The van der Waals surface area contributed by atoms with Crippen molar-refractivity contribution in [1.29, 1.82) is 0 Å². The fourth-order valence-electron chi connectivity index (χ4n) is 3.05. The van der Waals surface area contributed by atoms with Crippen LogP contribution in [0.3, 0.4) is 0 Å². The maximum atomic E-state index is 12.5. The van der Waals surface area contributed by atoms with E-state index in [1.165, 1.54) is 0 Å². The van der Waals surface area contributed by atoms with E-state index < -0.39 is 5.60 Å². The highest BCUT2D eigenvalue weighted by Gasteiger charge is 2.34. The Kier molecular flexibility index (Phi) is 6.71. The summed E-state index contributed by atoms with van der Waals surface area (Å²) in [5.74, 6) is 0.926. The van der Waals surface area contributed by atoms with E-state index in [4.69, 9.17) is 9.47 Å². The Morgan fingerprint density at radius 3 is 2.72 bits per heavy atom. The van der Waals surface area contributed by atoms with Crippen molar-refractivity contribution in [3.8, 4) is 5.75 Å². The number of nitrogens with zero attached hydrogens (tertiary/aromatic N) is 1. The van der Waals surface area contributed by atoms with E-state index in [9.17, 15) is 9.90 Å². The van der Waals surface area contributed by atoms with Crippen molar-refractivity contribution < 1.29 is 19.4 Å². The third-order valence-electron chi connectivity index (χ3n) is 4.24. The molecule has 1 atom stereocenters. The fraction of sp³-hybridized carbons (Fsp3) is 0.650. The van der Waals surface area contributed by atoms with Gasteiger partial charge in [-0.3, -0.25) is 4.90 Å². The minimum Gasteiger partial charge on any atom is -0.494 e. The normalized spacial score (nSPS) is 16.7. The number of carbonyl (C=O) groups excluding carboxylic acids is 1. The predicted octanol–water partition coefficient (Wildman–Crippen LogP) is 4.48. The second-order valence-corrected chi connectivity index (χ2v) is 7.58.